The summed E-state index contributed by atoms with van der Waals surface area (Å²) in [5, 5.41) is 3.05. The number of hydrogen-bond donors (Lipinski definition) is 1. The van der Waals surface area contributed by atoms with E-state index in [4.69, 9.17) is 9.47 Å². The van der Waals surface area contributed by atoms with Crippen molar-refractivity contribution in [2.45, 2.75) is 19.4 Å². The molecule has 0 aromatic heterocycles. The van der Waals surface area contributed by atoms with E-state index in [0.29, 0.717) is 6.54 Å². The highest BCUT2D eigenvalue weighted by Crippen LogP contribution is 2.25. The van der Waals surface area contributed by atoms with Gasteiger partial charge in [0.05, 0.1) is 20.8 Å². The Morgan fingerprint density at radius 1 is 0.967 bits per heavy atom. The lowest BCUT2D eigenvalue weighted by Crippen LogP contribution is -2.49. The number of amides is 1. The van der Waals surface area contributed by atoms with Gasteiger partial charge in [-0.1, -0.05) is 30.3 Å². The van der Waals surface area contributed by atoms with Crippen LogP contribution in [0.2, 0.25) is 0 Å². The first-order valence-electron chi connectivity index (χ1n) is 10.6. The molecule has 1 fully saturated rings. The maximum Gasteiger partial charge on any atom is 0.234 e. The van der Waals surface area contributed by atoms with Crippen molar-refractivity contribution in [1.82, 2.24) is 15.1 Å². The molecule has 30 heavy (non-hydrogen) atoms. The van der Waals surface area contributed by atoms with E-state index >= 15 is 0 Å². The van der Waals surface area contributed by atoms with Gasteiger partial charge < -0.3 is 14.8 Å². The number of carbonyl (C=O) groups excluding carboxylic acids is 1. The number of carbonyl (C=O) groups is 1. The molecule has 6 nitrogen and oxygen atoms in total. The number of nitrogens with zero attached hydrogens (tertiary/aromatic N) is 2. The quantitative estimate of drug-likeness (QED) is 0.609. The minimum Gasteiger partial charge on any atom is -0.497 e. The third-order valence-electron chi connectivity index (χ3n) is 5.52. The van der Waals surface area contributed by atoms with E-state index < -0.39 is 0 Å². The number of nitrogens with one attached hydrogen (secondary N) is 1. The van der Waals surface area contributed by atoms with Crippen molar-refractivity contribution in [2.24, 2.45) is 0 Å². The van der Waals surface area contributed by atoms with Gasteiger partial charge in [0.15, 0.2) is 0 Å². The molecular formula is C24H33N3O3. The van der Waals surface area contributed by atoms with Crippen molar-refractivity contribution < 1.29 is 14.3 Å². The molecule has 1 aliphatic rings. The molecule has 0 aliphatic carbocycles. The van der Waals surface area contributed by atoms with Gasteiger partial charge in [-0.15, -0.1) is 0 Å². The van der Waals surface area contributed by atoms with Gasteiger partial charge >= 0.3 is 0 Å². The van der Waals surface area contributed by atoms with E-state index in [1.54, 1.807) is 14.2 Å². The lowest BCUT2D eigenvalue weighted by Gasteiger charge is -2.34. The van der Waals surface area contributed by atoms with Crippen LogP contribution in [0.4, 0.5) is 0 Å². The fourth-order valence-corrected chi connectivity index (χ4v) is 3.78. The molecule has 2 aromatic rings. The van der Waals surface area contributed by atoms with Gasteiger partial charge in [-0.25, -0.2) is 0 Å². The molecule has 0 atom stereocenters. The summed E-state index contributed by atoms with van der Waals surface area (Å²) in [4.78, 5) is 16.9. The van der Waals surface area contributed by atoms with Gasteiger partial charge in [0, 0.05) is 44.8 Å². The SMILES string of the molecule is COc1ccc(OC)c(CN2CCN(CC(=O)NCCCc3ccccc3)CC2)c1. The number of aryl methyl sites for hydroxylation is 1. The van der Waals surface area contributed by atoms with E-state index in [1.807, 2.05) is 24.3 Å². The van der Waals surface area contributed by atoms with Crippen LogP contribution in [-0.2, 0) is 17.8 Å². The minimum absolute atomic E-state index is 0.117. The maximum absolute atomic E-state index is 12.3. The van der Waals surface area contributed by atoms with Crippen molar-refractivity contribution in [1.29, 1.82) is 0 Å². The normalized spacial score (nSPS) is 15.0. The molecule has 0 radical (unpaired) electrons. The number of ether oxygens (including phenoxy) is 2. The standard InChI is InChI=1S/C24H33N3O3/c1-29-22-10-11-23(30-2)21(17-22)18-26-13-15-27(16-14-26)19-24(28)25-12-6-9-20-7-4-3-5-8-20/h3-5,7-8,10-11,17H,6,9,12-16,18-19H2,1-2H3,(H,25,28). The predicted octanol–water partition coefficient (Wildman–Crippen LogP) is 2.57. The van der Waals surface area contributed by atoms with E-state index in [1.165, 1.54) is 5.56 Å². The lowest BCUT2D eigenvalue weighted by molar-refractivity contribution is -0.122. The van der Waals surface area contributed by atoms with E-state index in [0.717, 1.165) is 69.2 Å². The molecule has 1 heterocycles. The van der Waals surface area contributed by atoms with Crippen LogP contribution >= 0.6 is 0 Å². The number of benzene rings is 2. The summed E-state index contributed by atoms with van der Waals surface area (Å²) in [6, 6.07) is 16.3. The molecule has 1 N–H and O–H groups in total. The Bertz CT molecular complexity index is 790. The fraction of sp³-hybridized carbons (Fsp3) is 0.458. The average molecular weight is 412 g/mol. The van der Waals surface area contributed by atoms with E-state index in [2.05, 4.69) is 39.4 Å². The van der Waals surface area contributed by atoms with Crippen LogP contribution in [0, 0.1) is 0 Å². The molecular weight excluding hydrogens is 378 g/mol. The summed E-state index contributed by atoms with van der Waals surface area (Å²) in [7, 11) is 3.37. The topological polar surface area (TPSA) is 54.0 Å². The third-order valence-corrected chi connectivity index (χ3v) is 5.52. The van der Waals surface area contributed by atoms with E-state index in [9.17, 15) is 4.79 Å². The Morgan fingerprint density at radius 3 is 2.40 bits per heavy atom. The zero-order chi connectivity index (χ0) is 21.2. The zero-order valence-electron chi connectivity index (χ0n) is 18.1. The monoisotopic (exact) mass is 411 g/mol. The summed E-state index contributed by atoms with van der Waals surface area (Å²) in [6.45, 7) is 5.67. The Hall–Kier alpha value is -2.57. The Morgan fingerprint density at radius 2 is 1.70 bits per heavy atom. The lowest BCUT2D eigenvalue weighted by atomic mass is 10.1. The highest BCUT2D eigenvalue weighted by molar-refractivity contribution is 5.78. The third kappa shape index (κ3) is 6.75. The van der Waals surface area contributed by atoms with Gasteiger partial charge in [0.2, 0.25) is 5.91 Å². The molecule has 1 aliphatic heterocycles. The molecule has 1 amide bonds. The first kappa shape index (κ1) is 22.1. The van der Waals surface area contributed by atoms with Crippen LogP contribution in [0.1, 0.15) is 17.5 Å². The van der Waals surface area contributed by atoms with E-state index in [-0.39, 0.29) is 5.91 Å². The molecule has 162 valence electrons. The first-order valence-corrected chi connectivity index (χ1v) is 10.6. The van der Waals surface area contributed by atoms with Crippen molar-refractivity contribution in [3.05, 3.63) is 59.7 Å². The second-order valence-corrected chi connectivity index (χ2v) is 7.67. The van der Waals surface area contributed by atoms with Gasteiger partial charge in [-0.2, -0.15) is 0 Å². The van der Waals surface area contributed by atoms with Crippen LogP contribution in [0.25, 0.3) is 0 Å². The van der Waals surface area contributed by atoms with Gasteiger partial charge in [-0.05, 0) is 36.6 Å². The fourth-order valence-electron chi connectivity index (χ4n) is 3.78. The summed E-state index contributed by atoms with van der Waals surface area (Å²) in [6.07, 6.45) is 1.96. The average Bonchev–Trinajstić information content (AvgIpc) is 2.78. The van der Waals surface area contributed by atoms with Gasteiger partial charge in [0.25, 0.3) is 0 Å². The molecule has 0 spiro atoms. The second-order valence-electron chi connectivity index (χ2n) is 7.67. The summed E-state index contributed by atoms with van der Waals surface area (Å²) >= 11 is 0. The Kier molecular flexibility index (Phi) is 8.53. The van der Waals surface area contributed by atoms with Crippen LogP contribution in [-0.4, -0.2) is 69.2 Å². The minimum atomic E-state index is 0.117. The van der Waals surface area contributed by atoms with Crippen molar-refractivity contribution in [3.63, 3.8) is 0 Å². The summed E-state index contributed by atoms with van der Waals surface area (Å²) < 4.78 is 10.8. The smallest absolute Gasteiger partial charge is 0.234 e. The Labute approximate surface area is 179 Å². The van der Waals surface area contributed by atoms with Crippen molar-refractivity contribution >= 4 is 5.91 Å². The van der Waals surface area contributed by atoms with Crippen LogP contribution < -0.4 is 14.8 Å². The molecule has 1 saturated heterocycles. The maximum atomic E-state index is 12.3. The Balaban J connectivity index is 1.35. The van der Waals surface area contributed by atoms with Gasteiger partial charge in [0.1, 0.15) is 11.5 Å². The molecule has 2 aromatic carbocycles. The molecule has 3 rings (SSSR count). The van der Waals surface area contributed by atoms with Crippen LogP contribution in [0.5, 0.6) is 11.5 Å². The largest absolute Gasteiger partial charge is 0.497 e. The number of methoxy groups -OCH3 is 2. The highest BCUT2D eigenvalue weighted by atomic mass is 16.5. The summed E-state index contributed by atoms with van der Waals surface area (Å²) in [5.41, 5.74) is 2.44. The number of rotatable bonds is 10. The van der Waals surface area contributed by atoms with Crippen molar-refractivity contribution in [3.8, 4) is 11.5 Å². The van der Waals surface area contributed by atoms with Gasteiger partial charge in [-0.3, -0.25) is 14.6 Å². The molecule has 0 saturated carbocycles. The molecule has 0 bridgehead atoms. The molecule has 6 heteroatoms. The molecule has 0 unspecified atom stereocenters. The number of piperazine rings is 1. The van der Waals surface area contributed by atoms with Crippen LogP contribution in [0.15, 0.2) is 48.5 Å². The number of hydrogen-bond acceptors (Lipinski definition) is 5. The second kappa shape index (κ2) is 11.6. The van der Waals surface area contributed by atoms with Crippen LogP contribution in [0.3, 0.4) is 0 Å². The van der Waals surface area contributed by atoms with Crippen molar-refractivity contribution in [2.75, 3.05) is 53.5 Å². The predicted molar refractivity (Wildman–Crippen MR) is 119 cm³/mol. The highest BCUT2D eigenvalue weighted by Gasteiger charge is 2.20. The first-order chi connectivity index (χ1) is 14.7. The summed E-state index contributed by atoms with van der Waals surface area (Å²) in [5.74, 6) is 1.84. The zero-order valence-corrected chi connectivity index (χ0v) is 18.1.